The number of benzene rings is 1. The summed E-state index contributed by atoms with van der Waals surface area (Å²) in [5.41, 5.74) is -0.713. The van der Waals surface area contributed by atoms with Crippen molar-refractivity contribution in [2.75, 3.05) is 4.31 Å². The molecule has 0 saturated heterocycles. The largest absolute Gasteiger partial charge is 0.495 e. The van der Waals surface area contributed by atoms with E-state index in [0.29, 0.717) is 0 Å². The van der Waals surface area contributed by atoms with Crippen molar-refractivity contribution < 1.29 is 22.4 Å². The summed E-state index contributed by atoms with van der Waals surface area (Å²) >= 11 is 14.5. The minimum Gasteiger partial charge on any atom is -0.276 e. The Morgan fingerprint density at radius 3 is 2.21 bits per heavy atom. The SMILES string of the molecule is O=C(Cl)c1cccc(N(SC(F)(Cl)Cl)C(F)(F)F)c1. The molecule has 1 rings (SSSR count). The summed E-state index contributed by atoms with van der Waals surface area (Å²) in [6.45, 7) is 0. The van der Waals surface area contributed by atoms with Crippen molar-refractivity contribution >= 4 is 57.7 Å². The molecular weight excluding hydrogens is 353 g/mol. The highest BCUT2D eigenvalue weighted by Gasteiger charge is 2.44. The minimum absolute atomic E-state index is 0.178. The van der Waals surface area contributed by atoms with E-state index in [0.717, 1.165) is 18.2 Å². The molecule has 0 atom stereocenters. The quantitative estimate of drug-likeness (QED) is 0.246. The molecule has 1 aromatic rings. The van der Waals surface area contributed by atoms with Gasteiger partial charge in [0.25, 0.3) is 5.24 Å². The van der Waals surface area contributed by atoms with E-state index in [-0.39, 0.29) is 5.56 Å². The third kappa shape index (κ3) is 5.25. The van der Waals surface area contributed by atoms with Gasteiger partial charge in [0.05, 0.1) is 5.69 Å². The molecule has 0 radical (unpaired) electrons. The zero-order valence-electron chi connectivity index (χ0n) is 8.72. The predicted octanol–water partition coefficient (Wildman–Crippen LogP) is 5.10. The van der Waals surface area contributed by atoms with Gasteiger partial charge in [-0.1, -0.05) is 29.3 Å². The van der Waals surface area contributed by atoms with Crippen molar-refractivity contribution in [3.05, 3.63) is 29.8 Å². The first-order chi connectivity index (χ1) is 8.50. The van der Waals surface area contributed by atoms with E-state index < -0.39 is 37.4 Å². The van der Waals surface area contributed by atoms with Crippen LogP contribution in [0.3, 0.4) is 0 Å². The molecule has 0 aliphatic rings. The van der Waals surface area contributed by atoms with Crippen LogP contribution in [-0.4, -0.2) is 15.5 Å². The second-order valence-corrected chi connectivity index (χ2v) is 6.26. The lowest BCUT2D eigenvalue weighted by atomic mass is 10.2. The molecule has 106 valence electrons. The van der Waals surface area contributed by atoms with E-state index in [1.54, 1.807) is 0 Å². The average Bonchev–Trinajstić information content (AvgIpc) is 2.23. The fourth-order valence-electron chi connectivity index (χ4n) is 1.11. The summed E-state index contributed by atoms with van der Waals surface area (Å²) in [5, 5.41) is -0.947. The van der Waals surface area contributed by atoms with Gasteiger partial charge < -0.3 is 0 Å². The zero-order valence-corrected chi connectivity index (χ0v) is 11.8. The van der Waals surface area contributed by atoms with E-state index in [2.05, 4.69) is 0 Å². The van der Waals surface area contributed by atoms with Crippen molar-refractivity contribution in [3.8, 4) is 0 Å². The van der Waals surface area contributed by atoms with Gasteiger partial charge in [0.15, 0.2) is 0 Å². The number of carbonyl (C=O) groups excluding carboxylic acids is 1. The molecule has 0 bridgehead atoms. The summed E-state index contributed by atoms with van der Waals surface area (Å²) < 4.78 is 47.7. The van der Waals surface area contributed by atoms with Gasteiger partial charge >= 0.3 is 10.2 Å². The molecule has 0 aromatic heterocycles. The molecule has 0 fully saturated rings. The fraction of sp³-hybridized carbons (Fsp3) is 0.222. The van der Waals surface area contributed by atoms with E-state index in [4.69, 9.17) is 34.8 Å². The number of hydrogen-bond acceptors (Lipinski definition) is 3. The van der Waals surface area contributed by atoms with Crippen molar-refractivity contribution in [1.29, 1.82) is 0 Å². The number of hydrogen-bond donors (Lipinski definition) is 0. The number of rotatable bonds is 4. The van der Waals surface area contributed by atoms with Crippen LogP contribution in [0.15, 0.2) is 24.3 Å². The molecule has 19 heavy (non-hydrogen) atoms. The van der Waals surface area contributed by atoms with Crippen LogP contribution >= 0.6 is 46.8 Å². The molecule has 0 unspecified atom stereocenters. The smallest absolute Gasteiger partial charge is 0.276 e. The number of alkyl halides is 6. The molecule has 0 amide bonds. The summed E-state index contributed by atoms with van der Waals surface area (Å²) in [5.74, 6) is 0. The fourth-order valence-corrected chi connectivity index (χ4v) is 2.17. The van der Waals surface area contributed by atoms with Crippen LogP contribution in [0, 0.1) is 0 Å². The molecular formula is C9H4Cl3F4NOS. The summed E-state index contributed by atoms with van der Waals surface area (Å²) in [4.78, 5) is 10.9. The van der Waals surface area contributed by atoms with Gasteiger partial charge in [-0.25, -0.2) is 4.31 Å². The molecule has 0 aliphatic carbocycles. The first-order valence-corrected chi connectivity index (χ1v) is 6.34. The van der Waals surface area contributed by atoms with Gasteiger partial charge in [-0.3, -0.25) is 4.79 Å². The van der Waals surface area contributed by atoms with Gasteiger partial charge in [0.2, 0.25) is 0 Å². The molecule has 2 nitrogen and oxygen atoms in total. The van der Waals surface area contributed by atoms with E-state index >= 15 is 0 Å². The first-order valence-electron chi connectivity index (χ1n) is 4.43. The van der Waals surface area contributed by atoms with E-state index in [1.165, 1.54) is 6.07 Å². The number of nitrogens with zero attached hydrogens (tertiary/aromatic N) is 1. The zero-order chi connectivity index (χ0) is 14.8. The second-order valence-electron chi connectivity index (χ2n) is 3.12. The number of anilines is 1. The van der Waals surface area contributed by atoms with Gasteiger partial charge in [0, 0.05) is 17.5 Å². The Bertz CT molecular complexity index is 477. The Kier molecular flexibility index (Phi) is 5.22. The van der Waals surface area contributed by atoms with Crippen LogP contribution in [0.25, 0.3) is 0 Å². The topological polar surface area (TPSA) is 20.3 Å². The lowest BCUT2D eigenvalue weighted by Gasteiger charge is -2.27. The highest BCUT2D eigenvalue weighted by atomic mass is 35.5. The third-order valence-electron chi connectivity index (χ3n) is 1.73. The molecule has 0 N–H and O–H groups in total. The summed E-state index contributed by atoms with van der Waals surface area (Å²) in [7, 11) is 0. The van der Waals surface area contributed by atoms with E-state index in [9.17, 15) is 22.4 Å². The summed E-state index contributed by atoms with van der Waals surface area (Å²) in [6.07, 6.45) is -4.96. The highest BCUT2D eigenvalue weighted by Crippen LogP contribution is 2.45. The highest BCUT2D eigenvalue weighted by molar-refractivity contribution is 8.04. The van der Waals surface area contributed by atoms with Crippen LogP contribution < -0.4 is 4.31 Å². The van der Waals surface area contributed by atoms with Gasteiger partial charge in [-0.2, -0.15) is 4.39 Å². The van der Waals surface area contributed by atoms with Crippen LogP contribution in [0.1, 0.15) is 10.4 Å². The summed E-state index contributed by atoms with van der Waals surface area (Å²) in [6, 6.07) is 4.22. The molecule has 10 heteroatoms. The molecule has 0 heterocycles. The standard InChI is InChI=1S/C9H4Cl3F4NOS/c10-7(18)5-2-1-3-6(4-5)17(9(14,15)16)19-8(11,12)13/h1-4H. The minimum atomic E-state index is -4.96. The van der Waals surface area contributed by atoms with Crippen molar-refractivity contribution in [2.24, 2.45) is 0 Å². The number of halogens is 7. The maximum absolute atomic E-state index is 13.0. The van der Waals surface area contributed by atoms with Crippen LogP contribution in [0.5, 0.6) is 0 Å². The lowest BCUT2D eigenvalue weighted by molar-refractivity contribution is -0.114. The van der Waals surface area contributed by atoms with E-state index in [1.807, 2.05) is 0 Å². The normalized spacial score (nSPS) is 12.4. The lowest BCUT2D eigenvalue weighted by Crippen LogP contribution is -2.34. The van der Waals surface area contributed by atoms with Gasteiger partial charge in [-0.15, -0.1) is 13.2 Å². The molecule has 0 aliphatic heterocycles. The average molecular weight is 357 g/mol. The first kappa shape index (κ1) is 16.7. The monoisotopic (exact) mass is 355 g/mol. The van der Waals surface area contributed by atoms with Crippen molar-refractivity contribution in [3.63, 3.8) is 0 Å². The Hall–Kier alpha value is -0.370. The van der Waals surface area contributed by atoms with Crippen molar-refractivity contribution in [1.82, 2.24) is 0 Å². The van der Waals surface area contributed by atoms with Crippen molar-refractivity contribution in [2.45, 2.75) is 10.2 Å². The Labute approximate surface area is 124 Å². The molecule has 0 spiro atoms. The van der Waals surface area contributed by atoms with Crippen LogP contribution in [0.2, 0.25) is 0 Å². The van der Waals surface area contributed by atoms with Crippen LogP contribution in [0.4, 0.5) is 23.2 Å². The number of carbonyl (C=O) groups is 1. The maximum Gasteiger partial charge on any atom is 0.495 e. The molecule has 0 saturated carbocycles. The third-order valence-corrected chi connectivity index (χ3v) is 3.17. The predicted molar refractivity (Wildman–Crippen MR) is 68.3 cm³/mol. The Morgan fingerprint density at radius 2 is 1.79 bits per heavy atom. The molecule has 1 aromatic carbocycles. The van der Waals surface area contributed by atoms with Crippen LogP contribution in [-0.2, 0) is 0 Å². The second kappa shape index (κ2) is 5.95. The Morgan fingerprint density at radius 1 is 1.21 bits per heavy atom. The van der Waals surface area contributed by atoms with Gasteiger partial charge in [-0.05, 0) is 29.8 Å². The maximum atomic E-state index is 13.0. The Balaban J connectivity index is 3.18. The van der Waals surface area contributed by atoms with Gasteiger partial charge in [0.1, 0.15) is 0 Å².